The van der Waals surface area contributed by atoms with Gasteiger partial charge in [-0.1, -0.05) is 48.5 Å². The van der Waals surface area contributed by atoms with E-state index in [0.717, 1.165) is 5.56 Å². The molecule has 110 valence electrons. The minimum atomic E-state index is -1.96. The topological polar surface area (TPSA) is 66.4 Å². The largest absolute Gasteiger partial charge is 0.348 e. The van der Waals surface area contributed by atoms with Crippen molar-refractivity contribution < 1.29 is 13.6 Å². The summed E-state index contributed by atoms with van der Waals surface area (Å²) in [4.78, 5) is 12.1. The van der Waals surface area contributed by atoms with Gasteiger partial charge in [-0.2, -0.15) is 0 Å². The maximum atomic E-state index is 12.1. The van der Waals surface area contributed by atoms with Crippen LogP contribution in [0.25, 0.3) is 0 Å². The zero-order chi connectivity index (χ0) is 15.1. The zero-order valence-electron chi connectivity index (χ0n) is 11.4. The van der Waals surface area contributed by atoms with Gasteiger partial charge in [-0.3, -0.25) is 4.79 Å². The number of hydrogen-bond acceptors (Lipinski definition) is 2. The van der Waals surface area contributed by atoms with E-state index in [9.17, 15) is 9.00 Å². The lowest BCUT2D eigenvalue weighted by atomic mass is 10.1. The predicted molar refractivity (Wildman–Crippen MR) is 83.5 cm³/mol. The number of benzene rings is 2. The van der Waals surface area contributed by atoms with Crippen LogP contribution < -0.4 is 5.32 Å². The van der Waals surface area contributed by atoms with E-state index < -0.39 is 11.1 Å². The molecule has 0 fully saturated rings. The van der Waals surface area contributed by atoms with Gasteiger partial charge in [0.2, 0.25) is 0 Å². The fourth-order valence-corrected chi connectivity index (χ4v) is 2.63. The van der Waals surface area contributed by atoms with Crippen LogP contribution in [0.5, 0.6) is 0 Å². The monoisotopic (exact) mass is 303 g/mol. The summed E-state index contributed by atoms with van der Waals surface area (Å²) in [6.45, 7) is 0. The first-order valence-corrected chi connectivity index (χ1v) is 7.90. The SMILES string of the molecule is O=C(N[C@@H](Cc1ccccc1)CS(=O)O)c1ccccc1. The van der Waals surface area contributed by atoms with Gasteiger partial charge in [-0.25, -0.2) is 4.21 Å². The number of amides is 1. The van der Waals surface area contributed by atoms with Gasteiger partial charge in [-0.05, 0) is 24.1 Å². The Labute approximate surface area is 126 Å². The number of rotatable bonds is 6. The molecule has 2 aromatic rings. The van der Waals surface area contributed by atoms with Crippen LogP contribution in [0, 0.1) is 0 Å². The molecule has 2 rings (SSSR count). The molecule has 2 atom stereocenters. The molecule has 4 nitrogen and oxygen atoms in total. The molecule has 0 aliphatic rings. The fourth-order valence-electron chi connectivity index (χ4n) is 2.08. The van der Waals surface area contributed by atoms with E-state index in [4.69, 9.17) is 4.55 Å². The molecule has 0 saturated carbocycles. The second-order valence-electron chi connectivity index (χ2n) is 4.71. The minimum absolute atomic E-state index is 0.00741. The summed E-state index contributed by atoms with van der Waals surface area (Å²) in [5.74, 6) is -0.227. The second-order valence-corrected chi connectivity index (χ2v) is 5.69. The Kier molecular flexibility index (Phi) is 5.66. The third-order valence-electron chi connectivity index (χ3n) is 3.04. The first-order valence-electron chi connectivity index (χ1n) is 6.62. The summed E-state index contributed by atoms with van der Waals surface area (Å²) in [7, 11) is 0. The van der Waals surface area contributed by atoms with E-state index in [-0.39, 0.29) is 17.7 Å². The van der Waals surface area contributed by atoms with Gasteiger partial charge in [0.15, 0.2) is 11.1 Å². The Morgan fingerprint density at radius 1 is 1.05 bits per heavy atom. The van der Waals surface area contributed by atoms with Crippen LogP contribution in [0.3, 0.4) is 0 Å². The lowest BCUT2D eigenvalue weighted by Gasteiger charge is -2.17. The number of carbonyl (C=O) groups is 1. The maximum Gasteiger partial charge on any atom is 0.251 e. The highest BCUT2D eigenvalue weighted by Gasteiger charge is 2.16. The van der Waals surface area contributed by atoms with Crippen LogP contribution in [0.4, 0.5) is 0 Å². The summed E-state index contributed by atoms with van der Waals surface area (Å²) in [6.07, 6.45) is 0.520. The number of hydrogen-bond donors (Lipinski definition) is 2. The maximum absolute atomic E-state index is 12.1. The first kappa shape index (κ1) is 15.4. The molecule has 0 radical (unpaired) electrons. The van der Waals surface area contributed by atoms with Gasteiger partial charge in [0.25, 0.3) is 5.91 Å². The van der Waals surface area contributed by atoms with Gasteiger partial charge in [0.1, 0.15) is 0 Å². The molecule has 21 heavy (non-hydrogen) atoms. The van der Waals surface area contributed by atoms with Crippen LogP contribution >= 0.6 is 0 Å². The fraction of sp³-hybridized carbons (Fsp3) is 0.188. The molecule has 0 bridgehead atoms. The quantitative estimate of drug-likeness (QED) is 0.804. The average molecular weight is 303 g/mol. The van der Waals surface area contributed by atoms with Gasteiger partial charge in [0.05, 0.1) is 5.75 Å². The van der Waals surface area contributed by atoms with E-state index in [0.29, 0.717) is 12.0 Å². The highest BCUT2D eigenvalue weighted by Crippen LogP contribution is 2.06. The van der Waals surface area contributed by atoms with Crippen molar-refractivity contribution >= 4 is 17.0 Å². The summed E-state index contributed by atoms with van der Waals surface area (Å²) in [5.41, 5.74) is 1.56. The standard InChI is InChI=1S/C16H17NO3S/c18-16(14-9-5-2-6-10-14)17-15(12-21(19)20)11-13-7-3-1-4-8-13/h1-10,15H,11-12H2,(H,17,18)(H,19,20)/t15-/m0/s1. The number of carbonyl (C=O) groups excluding carboxylic acids is 1. The predicted octanol–water partition coefficient (Wildman–Crippen LogP) is 2.25. The van der Waals surface area contributed by atoms with Crippen molar-refractivity contribution in [3.63, 3.8) is 0 Å². The Bertz CT molecular complexity index is 601. The molecule has 0 aliphatic carbocycles. The summed E-state index contributed by atoms with van der Waals surface area (Å²) >= 11 is -1.96. The van der Waals surface area contributed by atoms with Gasteiger partial charge in [-0.15, -0.1) is 0 Å². The molecule has 0 heterocycles. The van der Waals surface area contributed by atoms with Gasteiger partial charge in [0, 0.05) is 11.6 Å². The average Bonchev–Trinajstić information content (AvgIpc) is 2.48. The molecule has 5 heteroatoms. The lowest BCUT2D eigenvalue weighted by molar-refractivity contribution is 0.0940. The second kappa shape index (κ2) is 7.71. The zero-order valence-corrected chi connectivity index (χ0v) is 12.3. The van der Waals surface area contributed by atoms with Crippen molar-refractivity contribution in [1.29, 1.82) is 0 Å². The van der Waals surface area contributed by atoms with Crippen LogP contribution in [-0.2, 0) is 17.5 Å². The highest BCUT2D eigenvalue weighted by molar-refractivity contribution is 7.79. The molecule has 0 spiro atoms. The Morgan fingerprint density at radius 2 is 1.62 bits per heavy atom. The Hall–Kier alpha value is -1.98. The van der Waals surface area contributed by atoms with Gasteiger partial charge < -0.3 is 9.87 Å². The smallest absolute Gasteiger partial charge is 0.251 e. The molecule has 1 unspecified atom stereocenters. The highest BCUT2D eigenvalue weighted by atomic mass is 32.2. The van der Waals surface area contributed by atoms with Crippen molar-refractivity contribution in [2.45, 2.75) is 12.5 Å². The van der Waals surface area contributed by atoms with E-state index in [2.05, 4.69) is 5.32 Å². The normalized spacial score (nSPS) is 13.4. The molecule has 0 saturated heterocycles. The van der Waals surface area contributed by atoms with E-state index >= 15 is 0 Å². The van der Waals surface area contributed by atoms with Gasteiger partial charge >= 0.3 is 0 Å². The third-order valence-corrected chi connectivity index (χ3v) is 3.73. The molecular weight excluding hydrogens is 286 g/mol. The van der Waals surface area contributed by atoms with E-state index in [1.165, 1.54) is 0 Å². The first-order chi connectivity index (χ1) is 10.1. The van der Waals surface area contributed by atoms with Crippen LogP contribution in [0.15, 0.2) is 60.7 Å². The minimum Gasteiger partial charge on any atom is -0.348 e. The molecule has 1 amide bonds. The molecule has 0 aliphatic heterocycles. The molecular formula is C16H17NO3S. The molecule has 2 aromatic carbocycles. The molecule has 0 aromatic heterocycles. The third kappa shape index (κ3) is 5.13. The Morgan fingerprint density at radius 3 is 2.19 bits per heavy atom. The Balaban J connectivity index is 2.06. The summed E-state index contributed by atoms with van der Waals surface area (Å²) in [6, 6.07) is 18.0. The van der Waals surface area contributed by atoms with E-state index in [1.54, 1.807) is 24.3 Å². The van der Waals surface area contributed by atoms with Crippen molar-refractivity contribution in [3.05, 3.63) is 71.8 Å². The van der Waals surface area contributed by atoms with Crippen molar-refractivity contribution in [2.75, 3.05) is 5.75 Å². The van der Waals surface area contributed by atoms with Crippen LogP contribution in [0.2, 0.25) is 0 Å². The van der Waals surface area contributed by atoms with Crippen LogP contribution in [-0.4, -0.2) is 26.5 Å². The van der Waals surface area contributed by atoms with E-state index in [1.807, 2.05) is 36.4 Å². The van der Waals surface area contributed by atoms with Crippen molar-refractivity contribution in [3.8, 4) is 0 Å². The number of nitrogens with one attached hydrogen (secondary N) is 1. The lowest BCUT2D eigenvalue weighted by Crippen LogP contribution is -2.40. The summed E-state index contributed by atoms with van der Waals surface area (Å²) < 4.78 is 20.2. The van der Waals surface area contributed by atoms with Crippen molar-refractivity contribution in [1.82, 2.24) is 5.32 Å². The molecule has 2 N–H and O–H groups in total. The summed E-state index contributed by atoms with van der Waals surface area (Å²) in [5, 5.41) is 2.82. The van der Waals surface area contributed by atoms with Crippen molar-refractivity contribution in [2.24, 2.45) is 0 Å². The van der Waals surface area contributed by atoms with Crippen LogP contribution in [0.1, 0.15) is 15.9 Å².